The van der Waals surface area contributed by atoms with Gasteiger partial charge in [0.25, 0.3) is 0 Å². The van der Waals surface area contributed by atoms with Gasteiger partial charge in [0.05, 0.1) is 19.4 Å². The molecular formula is C14H17BrN2O2. The third-order valence-corrected chi connectivity index (χ3v) is 3.51. The molecule has 2 rings (SSSR count). The summed E-state index contributed by atoms with van der Waals surface area (Å²) >= 11 is 3.47. The summed E-state index contributed by atoms with van der Waals surface area (Å²) in [7, 11) is 1.67. The van der Waals surface area contributed by atoms with Gasteiger partial charge in [-0.2, -0.15) is 0 Å². The number of halogens is 1. The highest BCUT2D eigenvalue weighted by Gasteiger charge is 2.15. The Kier molecular flexibility index (Phi) is 4.63. The molecule has 0 saturated carbocycles. The number of methoxy groups -OCH3 is 1. The number of nitrogens with one attached hydrogen (secondary N) is 1. The Balaban J connectivity index is 2.25. The lowest BCUT2D eigenvalue weighted by atomic mass is 10.0. The summed E-state index contributed by atoms with van der Waals surface area (Å²) in [6, 6.07) is 7.90. The van der Waals surface area contributed by atoms with Crippen LogP contribution in [0.4, 0.5) is 0 Å². The Bertz CT molecular complexity index is 554. The number of rotatable bonds is 5. The summed E-state index contributed by atoms with van der Waals surface area (Å²) in [6.45, 7) is 1.91. The molecule has 0 aliphatic carbocycles. The van der Waals surface area contributed by atoms with Gasteiger partial charge in [0.1, 0.15) is 11.5 Å². The summed E-state index contributed by atoms with van der Waals surface area (Å²) in [5, 5.41) is 0. The minimum atomic E-state index is -0.0133. The Morgan fingerprint density at radius 2 is 2.21 bits per heavy atom. The molecule has 1 atom stereocenters. The molecule has 1 heterocycles. The van der Waals surface area contributed by atoms with E-state index in [0.717, 1.165) is 33.5 Å². The van der Waals surface area contributed by atoms with Crippen LogP contribution < -0.4 is 16.0 Å². The van der Waals surface area contributed by atoms with E-state index in [0.29, 0.717) is 0 Å². The molecule has 1 aromatic carbocycles. The highest BCUT2D eigenvalue weighted by Crippen LogP contribution is 2.28. The number of furan rings is 1. The first kappa shape index (κ1) is 14.1. The Hall–Kier alpha value is -1.30. The molecule has 0 aliphatic rings. The van der Waals surface area contributed by atoms with E-state index in [9.17, 15) is 0 Å². The predicted octanol–water partition coefficient (Wildman–Crippen LogP) is 3.11. The minimum Gasteiger partial charge on any atom is -0.496 e. The van der Waals surface area contributed by atoms with Crippen LogP contribution in [0.5, 0.6) is 5.75 Å². The van der Waals surface area contributed by atoms with Crippen molar-refractivity contribution in [3.63, 3.8) is 0 Å². The number of hydrogen-bond acceptors (Lipinski definition) is 4. The van der Waals surface area contributed by atoms with Crippen LogP contribution >= 0.6 is 15.9 Å². The van der Waals surface area contributed by atoms with Gasteiger partial charge >= 0.3 is 0 Å². The van der Waals surface area contributed by atoms with Gasteiger partial charge < -0.3 is 9.15 Å². The van der Waals surface area contributed by atoms with Crippen molar-refractivity contribution >= 4 is 15.9 Å². The lowest BCUT2D eigenvalue weighted by Gasteiger charge is -2.16. The van der Waals surface area contributed by atoms with E-state index in [4.69, 9.17) is 15.0 Å². The summed E-state index contributed by atoms with van der Waals surface area (Å²) in [6.07, 6.45) is 2.45. The fourth-order valence-corrected chi connectivity index (χ4v) is 2.45. The van der Waals surface area contributed by atoms with E-state index < -0.39 is 0 Å². The molecule has 0 aliphatic heterocycles. The van der Waals surface area contributed by atoms with Gasteiger partial charge in [-0.05, 0) is 43.2 Å². The maximum Gasteiger partial charge on any atom is 0.122 e. The van der Waals surface area contributed by atoms with E-state index in [2.05, 4.69) is 21.4 Å². The lowest BCUT2D eigenvalue weighted by molar-refractivity contribution is 0.405. The lowest BCUT2D eigenvalue weighted by Crippen LogP contribution is -2.29. The van der Waals surface area contributed by atoms with Crippen molar-refractivity contribution in [1.82, 2.24) is 5.43 Å². The number of aryl methyl sites for hydroxylation is 1. The largest absolute Gasteiger partial charge is 0.496 e. The number of benzene rings is 1. The molecule has 1 unspecified atom stereocenters. The van der Waals surface area contributed by atoms with Gasteiger partial charge in [0.2, 0.25) is 0 Å². The zero-order valence-electron chi connectivity index (χ0n) is 10.9. The first-order valence-corrected chi connectivity index (χ1v) is 6.77. The van der Waals surface area contributed by atoms with Gasteiger partial charge in [0, 0.05) is 10.0 Å². The van der Waals surface area contributed by atoms with E-state index >= 15 is 0 Å². The van der Waals surface area contributed by atoms with E-state index in [1.807, 2.05) is 31.2 Å². The van der Waals surface area contributed by atoms with Crippen LogP contribution in [-0.4, -0.2) is 7.11 Å². The molecule has 2 aromatic rings. The summed E-state index contributed by atoms with van der Waals surface area (Å²) in [4.78, 5) is 0. The second-order valence-electron chi connectivity index (χ2n) is 4.37. The second kappa shape index (κ2) is 6.23. The quantitative estimate of drug-likeness (QED) is 0.655. The van der Waals surface area contributed by atoms with Crippen molar-refractivity contribution in [2.24, 2.45) is 5.84 Å². The van der Waals surface area contributed by atoms with E-state index in [1.165, 1.54) is 0 Å². The average molecular weight is 325 g/mol. The molecule has 4 nitrogen and oxygen atoms in total. The molecular weight excluding hydrogens is 308 g/mol. The third-order valence-electron chi connectivity index (χ3n) is 3.02. The molecule has 5 heteroatoms. The van der Waals surface area contributed by atoms with Crippen molar-refractivity contribution in [2.75, 3.05) is 7.11 Å². The van der Waals surface area contributed by atoms with Crippen LogP contribution in [0, 0.1) is 6.92 Å². The summed E-state index contributed by atoms with van der Waals surface area (Å²) in [5.74, 6) is 7.37. The minimum absolute atomic E-state index is 0.0133. The zero-order valence-corrected chi connectivity index (χ0v) is 12.5. The monoisotopic (exact) mass is 324 g/mol. The van der Waals surface area contributed by atoms with Crippen molar-refractivity contribution < 1.29 is 9.15 Å². The average Bonchev–Trinajstić information content (AvgIpc) is 2.82. The molecule has 0 bridgehead atoms. The molecule has 102 valence electrons. The van der Waals surface area contributed by atoms with Gasteiger partial charge in [-0.3, -0.25) is 11.3 Å². The first-order chi connectivity index (χ1) is 9.13. The smallest absolute Gasteiger partial charge is 0.122 e. The van der Waals surface area contributed by atoms with Crippen molar-refractivity contribution in [3.8, 4) is 5.75 Å². The fraction of sp³-hybridized carbons (Fsp3) is 0.286. The number of nitrogens with two attached hydrogens (primary N) is 1. The Morgan fingerprint density at radius 1 is 1.42 bits per heavy atom. The summed E-state index contributed by atoms with van der Waals surface area (Å²) < 4.78 is 11.7. The Labute approximate surface area is 121 Å². The second-order valence-corrected chi connectivity index (χ2v) is 5.29. The number of hydrogen-bond donors (Lipinski definition) is 2. The normalized spacial score (nSPS) is 12.4. The first-order valence-electron chi connectivity index (χ1n) is 5.97. The number of ether oxygens (including phenoxy) is 1. The maximum absolute atomic E-state index is 5.65. The molecule has 1 aromatic heterocycles. The van der Waals surface area contributed by atoms with Crippen LogP contribution in [0.3, 0.4) is 0 Å². The highest BCUT2D eigenvalue weighted by molar-refractivity contribution is 9.10. The standard InChI is InChI=1S/C14H17BrN2O2/c1-9-5-11(8-19-9)13(17-16)7-10-6-12(15)3-4-14(10)18-2/h3-6,8,13,17H,7,16H2,1-2H3. The van der Waals surface area contributed by atoms with Crippen LogP contribution in [0.2, 0.25) is 0 Å². The SMILES string of the molecule is COc1ccc(Br)cc1CC(NN)c1coc(C)c1. The number of hydrazine groups is 1. The maximum atomic E-state index is 5.65. The third kappa shape index (κ3) is 3.37. The molecule has 0 radical (unpaired) electrons. The highest BCUT2D eigenvalue weighted by atomic mass is 79.9. The van der Waals surface area contributed by atoms with Crippen LogP contribution in [0.1, 0.15) is 22.9 Å². The van der Waals surface area contributed by atoms with Crippen LogP contribution in [-0.2, 0) is 6.42 Å². The van der Waals surface area contributed by atoms with Gasteiger partial charge in [-0.1, -0.05) is 15.9 Å². The van der Waals surface area contributed by atoms with Gasteiger partial charge in [-0.15, -0.1) is 0 Å². The molecule has 0 saturated heterocycles. The van der Waals surface area contributed by atoms with E-state index in [-0.39, 0.29) is 6.04 Å². The summed E-state index contributed by atoms with van der Waals surface area (Å²) in [5.41, 5.74) is 4.93. The molecule has 3 N–H and O–H groups in total. The molecule has 0 fully saturated rings. The van der Waals surface area contributed by atoms with Crippen molar-refractivity contribution in [1.29, 1.82) is 0 Å². The predicted molar refractivity (Wildman–Crippen MR) is 77.9 cm³/mol. The van der Waals surface area contributed by atoms with Crippen LogP contribution in [0.25, 0.3) is 0 Å². The van der Waals surface area contributed by atoms with E-state index in [1.54, 1.807) is 13.4 Å². The van der Waals surface area contributed by atoms with Crippen molar-refractivity contribution in [2.45, 2.75) is 19.4 Å². The molecule has 0 amide bonds. The fourth-order valence-electron chi connectivity index (χ4n) is 2.05. The molecule has 0 spiro atoms. The molecule has 19 heavy (non-hydrogen) atoms. The van der Waals surface area contributed by atoms with Gasteiger partial charge in [0.15, 0.2) is 0 Å². The van der Waals surface area contributed by atoms with Gasteiger partial charge in [-0.25, -0.2) is 0 Å². The Morgan fingerprint density at radius 3 is 2.79 bits per heavy atom. The zero-order chi connectivity index (χ0) is 13.8. The topological polar surface area (TPSA) is 60.4 Å². The van der Waals surface area contributed by atoms with Crippen LogP contribution in [0.15, 0.2) is 39.4 Å². The van der Waals surface area contributed by atoms with Crippen molar-refractivity contribution in [3.05, 3.63) is 51.9 Å².